The molecule has 0 bridgehead atoms. The van der Waals surface area contributed by atoms with Crippen molar-refractivity contribution in [3.05, 3.63) is 109 Å². The SMILES string of the molecule is [C-]#[N+]c1ccc(C2c3c(nn(-c4cc(C#N)ccc4OC)c3C(C)C)C(=O)N2c2cc(Cl)c(=O)n(C)c2)c(C)c1. The van der Waals surface area contributed by atoms with E-state index in [1.165, 1.54) is 10.6 Å². The van der Waals surface area contributed by atoms with Crippen LogP contribution in [0.1, 0.15) is 64.2 Å². The fraction of sp³-hybridized carbons (Fsp3) is 0.233. The number of aromatic nitrogens is 3. The van der Waals surface area contributed by atoms with Gasteiger partial charge in [-0.1, -0.05) is 49.2 Å². The van der Waals surface area contributed by atoms with E-state index in [9.17, 15) is 14.9 Å². The van der Waals surface area contributed by atoms with Gasteiger partial charge in [-0.25, -0.2) is 9.53 Å². The summed E-state index contributed by atoms with van der Waals surface area (Å²) in [6, 6.07) is 13.4. The van der Waals surface area contributed by atoms with Crippen LogP contribution < -0.4 is 15.2 Å². The molecule has 10 heteroatoms. The molecule has 0 spiro atoms. The molecule has 1 aliphatic heterocycles. The van der Waals surface area contributed by atoms with Crippen molar-refractivity contribution in [3.63, 3.8) is 0 Å². The molecule has 3 heterocycles. The van der Waals surface area contributed by atoms with Crippen LogP contribution in [0, 0.1) is 24.8 Å². The number of amides is 1. The Balaban J connectivity index is 1.84. The van der Waals surface area contributed by atoms with Crippen molar-refractivity contribution in [1.82, 2.24) is 14.3 Å². The number of rotatable bonds is 5. The first kappa shape index (κ1) is 26.7. The van der Waals surface area contributed by atoms with Gasteiger partial charge in [-0.15, -0.1) is 0 Å². The minimum atomic E-state index is -0.618. The maximum Gasteiger partial charge on any atom is 0.280 e. The molecule has 2 aromatic heterocycles. The highest BCUT2D eigenvalue weighted by Crippen LogP contribution is 2.47. The van der Waals surface area contributed by atoms with E-state index in [0.717, 1.165) is 16.8 Å². The Morgan fingerprint density at radius 2 is 1.93 bits per heavy atom. The van der Waals surface area contributed by atoms with Crippen LogP contribution >= 0.6 is 11.6 Å². The van der Waals surface area contributed by atoms with Crippen LogP contribution in [0.4, 0.5) is 11.4 Å². The summed E-state index contributed by atoms with van der Waals surface area (Å²) < 4.78 is 8.64. The zero-order valence-electron chi connectivity index (χ0n) is 22.6. The highest BCUT2D eigenvalue weighted by Gasteiger charge is 2.45. The van der Waals surface area contributed by atoms with Gasteiger partial charge in [0.2, 0.25) is 0 Å². The Hall–Kier alpha value is -4.86. The van der Waals surface area contributed by atoms with Crippen molar-refractivity contribution in [3.8, 4) is 17.5 Å². The number of fused-ring (bicyclic) bond motifs is 1. The second-order valence-electron chi connectivity index (χ2n) is 9.91. The number of aryl methyl sites for hydroxylation is 2. The van der Waals surface area contributed by atoms with Gasteiger partial charge >= 0.3 is 0 Å². The summed E-state index contributed by atoms with van der Waals surface area (Å²) in [5, 5.41) is 14.4. The number of hydrogen-bond donors (Lipinski definition) is 0. The second-order valence-corrected chi connectivity index (χ2v) is 10.3. The molecule has 0 fully saturated rings. The minimum absolute atomic E-state index is 0.0108. The molecule has 1 unspecified atom stereocenters. The van der Waals surface area contributed by atoms with Crippen LogP contribution in [-0.2, 0) is 7.05 Å². The molecule has 200 valence electrons. The number of nitrogens with zero attached hydrogens (tertiary/aromatic N) is 6. The molecule has 0 N–H and O–H groups in total. The predicted molar refractivity (Wildman–Crippen MR) is 152 cm³/mol. The first-order valence-electron chi connectivity index (χ1n) is 12.5. The summed E-state index contributed by atoms with van der Waals surface area (Å²) in [5.41, 5.74) is 4.88. The van der Waals surface area contributed by atoms with Crippen molar-refractivity contribution in [2.75, 3.05) is 12.0 Å². The number of halogens is 1. The average Bonchev–Trinajstić information content (AvgIpc) is 3.46. The number of anilines is 1. The van der Waals surface area contributed by atoms with E-state index in [1.54, 1.807) is 60.3 Å². The Bertz CT molecular complexity index is 1810. The molecule has 9 nitrogen and oxygen atoms in total. The number of methoxy groups -OCH3 is 1. The lowest BCUT2D eigenvalue weighted by Crippen LogP contribution is -2.32. The third-order valence-corrected chi connectivity index (χ3v) is 7.35. The topological polar surface area (TPSA) is 97.5 Å². The molecule has 4 aromatic rings. The predicted octanol–water partition coefficient (Wildman–Crippen LogP) is 5.84. The van der Waals surface area contributed by atoms with E-state index in [4.69, 9.17) is 28.0 Å². The number of pyridine rings is 1. The molecule has 1 atom stereocenters. The lowest BCUT2D eigenvalue weighted by atomic mass is 9.91. The van der Waals surface area contributed by atoms with Crippen molar-refractivity contribution in [1.29, 1.82) is 5.26 Å². The third-order valence-electron chi connectivity index (χ3n) is 7.08. The molecule has 1 amide bonds. The van der Waals surface area contributed by atoms with Gasteiger partial charge in [0.05, 0.1) is 42.7 Å². The van der Waals surface area contributed by atoms with Crippen LogP contribution in [0.2, 0.25) is 5.02 Å². The van der Waals surface area contributed by atoms with Gasteiger partial charge in [-0.2, -0.15) is 10.4 Å². The fourth-order valence-electron chi connectivity index (χ4n) is 5.28. The molecule has 0 saturated heterocycles. The lowest BCUT2D eigenvalue weighted by molar-refractivity contribution is 0.0988. The maximum absolute atomic E-state index is 14.2. The number of hydrogen-bond acceptors (Lipinski definition) is 5. The van der Waals surface area contributed by atoms with Gasteiger partial charge < -0.3 is 9.30 Å². The van der Waals surface area contributed by atoms with E-state index in [-0.39, 0.29) is 28.1 Å². The van der Waals surface area contributed by atoms with Crippen LogP contribution in [-0.4, -0.2) is 27.4 Å². The molecule has 2 aromatic carbocycles. The smallest absolute Gasteiger partial charge is 0.280 e. The molecule has 0 radical (unpaired) electrons. The number of carbonyl (C=O) groups is 1. The summed E-state index contributed by atoms with van der Waals surface area (Å²) in [7, 11) is 3.12. The average molecular weight is 553 g/mol. The summed E-state index contributed by atoms with van der Waals surface area (Å²) in [6.07, 6.45) is 1.58. The van der Waals surface area contributed by atoms with Crippen LogP contribution in [0.5, 0.6) is 5.75 Å². The van der Waals surface area contributed by atoms with E-state index in [2.05, 4.69) is 10.9 Å². The zero-order chi connectivity index (χ0) is 28.9. The highest BCUT2D eigenvalue weighted by molar-refractivity contribution is 6.30. The van der Waals surface area contributed by atoms with Crippen molar-refractivity contribution in [2.45, 2.75) is 32.7 Å². The standard InChI is InChI=1S/C30H25ClN6O3/c1-16(2)27-25-26(34-37(27)23-12-18(14-32)7-10-24(23)40-6)30(39)36(20-13-22(31)29(38)35(5)15-20)28(25)21-9-8-19(33-4)11-17(21)3/h7-13,15-16,28H,1-3,5-6H3. The Labute approximate surface area is 236 Å². The quantitative estimate of drug-likeness (QED) is 0.290. The first-order valence-corrected chi connectivity index (χ1v) is 12.9. The fourth-order valence-corrected chi connectivity index (χ4v) is 5.52. The largest absolute Gasteiger partial charge is 0.494 e. The molecule has 0 saturated carbocycles. The first-order chi connectivity index (χ1) is 19.1. The third kappa shape index (κ3) is 4.12. The second kappa shape index (κ2) is 10.0. The molecule has 0 aliphatic carbocycles. The summed E-state index contributed by atoms with van der Waals surface area (Å²) >= 11 is 6.28. The van der Waals surface area contributed by atoms with Crippen molar-refractivity contribution < 1.29 is 9.53 Å². The maximum atomic E-state index is 14.2. The van der Waals surface area contributed by atoms with Crippen LogP contribution in [0.3, 0.4) is 0 Å². The Morgan fingerprint density at radius 1 is 1.18 bits per heavy atom. The Kier molecular flexibility index (Phi) is 6.70. The van der Waals surface area contributed by atoms with Gasteiger partial charge in [0.15, 0.2) is 11.4 Å². The summed E-state index contributed by atoms with van der Waals surface area (Å²) in [6.45, 7) is 13.4. The number of nitriles is 1. The normalized spacial score (nSPS) is 14.3. The van der Waals surface area contributed by atoms with Gasteiger partial charge in [0, 0.05) is 18.8 Å². The molecule has 1 aliphatic rings. The number of benzene rings is 2. The van der Waals surface area contributed by atoms with Gasteiger partial charge in [-0.3, -0.25) is 14.5 Å². The van der Waals surface area contributed by atoms with Gasteiger partial charge in [0.25, 0.3) is 11.5 Å². The minimum Gasteiger partial charge on any atom is -0.494 e. The Morgan fingerprint density at radius 3 is 2.52 bits per heavy atom. The zero-order valence-corrected chi connectivity index (χ0v) is 23.3. The van der Waals surface area contributed by atoms with E-state index in [1.807, 2.05) is 26.8 Å². The van der Waals surface area contributed by atoms with E-state index < -0.39 is 6.04 Å². The molecule has 40 heavy (non-hydrogen) atoms. The molecule has 5 rings (SSSR count). The van der Waals surface area contributed by atoms with Crippen LogP contribution in [0.25, 0.3) is 10.5 Å². The van der Waals surface area contributed by atoms with Crippen molar-refractivity contribution >= 4 is 28.9 Å². The number of ether oxygens (including phenoxy) is 1. The van der Waals surface area contributed by atoms with Gasteiger partial charge in [-0.05, 0) is 42.7 Å². The monoisotopic (exact) mass is 552 g/mol. The molecular formula is C30H25ClN6O3. The summed E-state index contributed by atoms with van der Waals surface area (Å²) in [4.78, 5) is 31.7. The lowest BCUT2D eigenvalue weighted by Gasteiger charge is -2.29. The van der Waals surface area contributed by atoms with E-state index >= 15 is 0 Å². The van der Waals surface area contributed by atoms with Gasteiger partial charge in [0.1, 0.15) is 16.5 Å². The molecular weight excluding hydrogens is 528 g/mol. The number of carbonyl (C=O) groups excluding carboxylic acids is 1. The summed E-state index contributed by atoms with van der Waals surface area (Å²) in [5.74, 6) is 0.0540. The van der Waals surface area contributed by atoms with Crippen molar-refractivity contribution in [2.24, 2.45) is 7.05 Å². The highest BCUT2D eigenvalue weighted by atomic mass is 35.5. The van der Waals surface area contributed by atoms with E-state index in [0.29, 0.717) is 33.9 Å². The van der Waals surface area contributed by atoms with Crippen LogP contribution in [0.15, 0.2) is 53.5 Å².